The Morgan fingerprint density at radius 3 is 2.63 bits per heavy atom. The number of hydrogen-bond donors (Lipinski definition) is 1. The molecule has 0 atom stereocenters. The molecule has 0 saturated heterocycles. The molecule has 0 aliphatic heterocycles. The lowest BCUT2D eigenvalue weighted by Crippen LogP contribution is -2.16. The predicted octanol–water partition coefficient (Wildman–Crippen LogP) is 3.70. The van der Waals surface area contributed by atoms with Crippen molar-refractivity contribution in [2.24, 2.45) is 0 Å². The zero-order valence-electron chi connectivity index (χ0n) is 16.5. The number of carbonyl (C=O) groups is 1. The predicted molar refractivity (Wildman–Crippen MR) is 104 cm³/mol. The van der Waals surface area contributed by atoms with E-state index in [2.05, 4.69) is 25.4 Å². The first kappa shape index (κ1) is 18.8. The lowest BCUT2D eigenvalue weighted by Gasteiger charge is -2.13. The number of carbonyl (C=O) groups excluding carboxylic acids is 1. The monoisotopic (exact) mass is 414 g/mol. The van der Waals surface area contributed by atoms with Crippen molar-refractivity contribution in [3.8, 4) is 11.7 Å². The molecule has 1 amide bonds. The number of ether oxygens (including phenoxy) is 1. The number of aromatic nitrogens is 5. The summed E-state index contributed by atoms with van der Waals surface area (Å²) in [5.74, 6) is -3.17. The summed E-state index contributed by atoms with van der Waals surface area (Å²) in [7, 11) is 0. The third-order valence-electron chi connectivity index (χ3n) is 4.97. The van der Waals surface area contributed by atoms with Gasteiger partial charge in [0.15, 0.2) is 5.82 Å². The quantitative estimate of drug-likeness (QED) is 0.661. The van der Waals surface area contributed by atoms with Gasteiger partial charge in [0, 0.05) is 43.5 Å². The molecule has 2 fully saturated rings. The molecule has 0 unspecified atom stereocenters. The molecule has 8 nitrogen and oxygen atoms in total. The average Bonchev–Trinajstić information content (AvgIpc) is 3.59. The molecule has 10 heteroatoms. The highest BCUT2D eigenvalue weighted by Gasteiger charge is 2.33. The van der Waals surface area contributed by atoms with Gasteiger partial charge in [-0.05, 0) is 25.7 Å². The van der Waals surface area contributed by atoms with Crippen LogP contribution in [0.1, 0.15) is 57.0 Å². The SMILES string of the molecule is CC(=O)Nc1cc2c(cn1)c(C1CC1)nn2-c1cc(OC2CC2)nc(C(C)(F)F)n1. The number of halogens is 2. The van der Waals surface area contributed by atoms with Gasteiger partial charge in [0.25, 0.3) is 0 Å². The Kier molecular flexibility index (Phi) is 4.19. The van der Waals surface area contributed by atoms with Crippen LogP contribution in [0.2, 0.25) is 0 Å². The van der Waals surface area contributed by atoms with E-state index < -0.39 is 11.7 Å². The highest BCUT2D eigenvalue weighted by atomic mass is 19.3. The largest absolute Gasteiger partial charge is 0.474 e. The molecular formula is C20H20F2N6O2. The van der Waals surface area contributed by atoms with Gasteiger partial charge in [0.05, 0.1) is 11.2 Å². The first-order valence-corrected chi connectivity index (χ1v) is 9.88. The third kappa shape index (κ3) is 3.69. The van der Waals surface area contributed by atoms with Gasteiger partial charge in [-0.3, -0.25) is 4.79 Å². The van der Waals surface area contributed by atoms with Crippen LogP contribution in [0.3, 0.4) is 0 Å². The summed E-state index contributed by atoms with van der Waals surface area (Å²) in [4.78, 5) is 23.7. The Morgan fingerprint density at radius 1 is 1.23 bits per heavy atom. The van der Waals surface area contributed by atoms with Crippen LogP contribution in [-0.2, 0) is 10.7 Å². The van der Waals surface area contributed by atoms with E-state index in [0.717, 1.165) is 43.7 Å². The standard InChI is InChI=1S/C20H20F2N6O2/c1-10(29)24-15-7-14-13(9-23-15)18(11-3-4-11)27-28(14)16-8-17(30-12-5-6-12)26-19(25-16)20(2,21)22/h7-9,11-12H,3-6H2,1-2H3,(H,23,24,29). The number of rotatable bonds is 6. The van der Waals surface area contributed by atoms with E-state index in [-0.39, 0.29) is 23.7 Å². The fourth-order valence-corrected chi connectivity index (χ4v) is 3.25. The van der Waals surface area contributed by atoms with Gasteiger partial charge in [0.2, 0.25) is 17.6 Å². The van der Waals surface area contributed by atoms with Gasteiger partial charge >= 0.3 is 5.92 Å². The van der Waals surface area contributed by atoms with Gasteiger partial charge in [0.1, 0.15) is 11.9 Å². The van der Waals surface area contributed by atoms with Gasteiger partial charge < -0.3 is 10.1 Å². The summed E-state index contributed by atoms with van der Waals surface area (Å²) >= 11 is 0. The Hall–Kier alpha value is -3.17. The van der Waals surface area contributed by atoms with Crippen LogP contribution in [0.4, 0.5) is 14.6 Å². The molecule has 0 bridgehead atoms. The van der Waals surface area contributed by atoms with Crippen LogP contribution >= 0.6 is 0 Å². The first-order chi connectivity index (χ1) is 14.3. The smallest absolute Gasteiger partial charge is 0.304 e. The van der Waals surface area contributed by atoms with Gasteiger partial charge in [-0.25, -0.2) is 14.6 Å². The van der Waals surface area contributed by atoms with Gasteiger partial charge in [-0.15, -0.1) is 0 Å². The zero-order chi connectivity index (χ0) is 21.0. The Bertz CT molecular complexity index is 1150. The Morgan fingerprint density at radius 2 is 2.00 bits per heavy atom. The molecule has 3 heterocycles. The third-order valence-corrected chi connectivity index (χ3v) is 4.97. The van der Waals surface area contributed by atoms with Crippen molar-refractivity contribution in [3.05, 3.63) is 29.8 Å². The molecule has 30 heavy (non-hydrogen) atoms. The summed E-state index contributed by atoms with van der Waals surface area (Å²) < 4.78 is 35.4. The summed E-state index contributed by atoms with van der Waals surface area (Å²) in [5.41, 5.74) is 1.47. The maximum atomic E-state index is 14.1. The van der Waals surface area contributed by atoms with Crippen molar-refractivity contribution in [1.29, 1.82) is 0 Å². The van der Waals surface area contributed by atoms with E-state index in [1.165, 1.54) is 17.7 Å². The number of nitrogens with zero attached hydrogens (tertiary/aromatic N) is 5. The van der Waals surface area contributed by atoms with Crippen molar-refractivity contribution >= 4 is 22.6 Å². The second-order valence-electron chi connectivity index (χ2n) is 7.93. The fourth-order valence-electron chi connectivity index (χ4n) is 3.25. The zero-order valence-corrected chi connectivity index (χ0v) is 16.5. The number of hydrogen-bond acceptors (Lipinski definition) is 6. The Balaban J connectivity index is 1.68. The summed E-state index contributed by atoms with van der Waals surface area (Å²) in [6, 6.07) is 3.19. The lowest BCUT2D eigenvalue weighted by atomic mass is 10.2. The molecule has 2 aliphatic carbocycles. The minimum atomic E-state index is -3.23. The normalized spacial score (nSPS) is 16.7. The number of anilines is 1. The molecule has 2 aliphatic rings. The van der Waals surface area contributed by atoms with Crippen molar-refractivity contribution in [2.45, 2.75) is 57.5 Å². The molecule has 3 aromatic rings. The van der Waals surface area contributed by atoms with Crippen molar-refractivity contribution in [2.75, 3.05) is 5.32 Å². The van der Waals surface area contributed by atoms with Crippen LogP contribution in [0, 0.1) is 0 Å². The Labute approximate surface area is 170 Å². The van der Waals surface area contributed by atoms with Gasteiger partial charge in [-0.1, -0.05) is 0 Å². The van der Waals surface area contributed by atoms with Crippen LogP contribution in [0.15, 0.2) is 18.3 Å². The lowest BCUT2D eigenvalue weighted by molar-refractivity contribution is -0.114. The van der Waals surface area contributed by atoms with Crippen LogP contribution < -0.4 is 10.1 Å². The van der Waals surface area contributed by atoms with Crippen molar-refractivity contribution in [3.63, 3.8) is 0 Å². The van der Waals surface area contributed by atoms with Gasteiger partial charge in [-0.2, -0.15) is 18.9 Å². The number of amides is 1. The summed E-state index contributed by atoms with van der Waals surface area (Å²) in [6.07, 6.45) is 5.42. The van der Waals surface area contributed by atoms with Crippen LogP contribution in [0.25, 0.3) is 16.7 Å². The number of nitrogens with one attached hydrogen (secondary N) is 1. The number of fused-ring (bicyclic) bond motifs is 1. The molecule has 0 radical (unpaired) electrons. The minimum Gasteiger partial charge on any atom is -0.474 e. The van der Waals surface area contributed by atoms with E-state index in [0.29, 0.717) is 17.3 Å². The van der Waals surface area contributed by atoms with E-state index in [1.54, 1.807) is 12.3 Å². The highest BCUT2D eigenvalue weighted by Crippen LogP contribution is 2.43. The maximum Gasteiger partial charge on any atom is 0.304 e. The van der Waals surface area contributed by atoms with E-state index in [9.17, 15) is 13.6 Å². The molecule has 5 rings (SSSR count). The van der Waals surface area contributed by atoms with E-state index >= 15 is 0 Å². The second-order valence-corrected chi connectivity index (χ2v) is 7.93. The topological polar surface area (TPSA) is 94.8 Å². The molecule has 156 valence electrons. The molecule has 1 N–H and O–H groups in total. The molecule has 0 spiro atoms. The fraction of sp³-hybridized carbons (Fsp3) is 0.450. The van der Waals surface area contributed by atoms with E-state index in [1.807, 2.05) is 0 Å². The number of alkyl halides is 2. The number of pyridine rings is 1. The maximum absolute atomic E-state index is 14.1. The second kappa shape index (κ2) is 6.68. The molecule has 3 aromatic heterocycles. The molecule has 0 aromatic carbocycles. The highest BCUT2D eigenvalue weighted by molar-refractivity contribution is 5.91. The van der Waals surface area contributed by atoms with Crippen LogP contribution in [0.5, 0.6) is 5.88 Å². The molecular weight excluding hydrogens is 394 g/mol. The summed E-state index contributed by atoms with van der Waals surface area (Å²) in [6.45, 7) is 2.14. The van der Waals surface area contributed by atoms with Crippen molar-refractivity contribution in [1.82, 2.24) is 24.7 Å². The first-order valence-electron chi connectivity index (χ1n) is 9.88. The molecule has 2 saturated carbocycles. The van der Waals surface area contributed by atoms with Crippen molar-refractivity contribution < 1.29 is 18.3 Å². The van der Waals surface area contributed by atoms with E-state index in [4.69, 9.17) is 4.74 Å². The average molecular weight is 414 g/mol. The summed E-state index contributed by atoms with van der Waals surface area (Å²) in [5, 5.41) is 8.12. The van der Waals surface area contributed by atoms with Crippen LogP contribution in [-0.4, -0.2) is 36.7 Å². The minimum absolute atomic E-state index is 0.00182.